The predicted octanol–water partition coefficient (Wildman–Crippen LogP) is -3.59. The first kappa shape index (κ1) is 11.9. The number of hydroxylamine groups is 1. The van der Waals surface area contributed by atoms with E-state index in [0.717, 1.165) is 0 Å². The summed E-state index contributed by atoms with van der Waals surface area (Å²) in [5.41, 5.74) is 6.89. The van der Waals surface area contributed by atoms with E-state index in [2.05, 4.69) is 17.1 Å². The molecule has 0 aromatic carbocycles. The Hall–Kier alpha value is 0.160. The van der Waals surface area contributed by atoms with Gasteiger partial charge in [-0.15, -0.1) is 0 Å². The molecule has 9 heavy (non-hydrogen) atoms. The van der Waals surface area contributed by atoms with Gasteiger partial charge in [-0.2, -0.15) is 5.48 Å². The molecule has 0 fully saturated rings. The van der Waals surface area contributed by atoms with E-state index in [1.54, 1.807) is 0 Å². The average molecular weight is 158 g/mol. The van der Waals surface area contributed by atoms with Crippen LogP contribution in [0.5, 0.6) is 0 Å². The molecule has 0 saturated heterocycles. The SMILES string of the molecule is CC(=O)ONC(N)=S.[H-].[Na+]. The van der Waals surface area contributed by atoms with Gasteiger partial charge in [-0.3, -0.25) is 4.79 Å². The van der Waals surface area contributed by atoms with Gasteiger partial charge < -0.3 is 12.0 Å². The topological polar surface area (TPSA) is 64.3 Å². The van der Waals surface area contributed by atoms with Crippen LogP contribution >= 0.6 is 12.2 Å². The van der Waals surface area contributed by atoms with Crippen LogP contribution in [0.4, 0.5) is 0 Å². The number of hydrogen-bond acceptors (Lipinski definition) is 3. The smallest absolute Gasteiger partial charge is 1.00 e. The first-order valence-corrected chi connectivity index (χ1v) is 2.26. The van der Waals surface area contributed by atoms with Crippen molar-refractivity contribution in [2.45, 2.75) is 6.92 Å². The second-order valence-corrected chi connectivity index (χ2v) is 1.50. The fourth-order valence-corrected chi connectivity index (χ4v) is 0.164. The van der Waals surface area contributed by atoms with Crippen molar-refractivity contribution >= 4 is 23.3 Å². The van der Waals surface area contributed by atoms with Crippen molar-refractivity contribution in [3.8, 4) is 0 Å². The van der Waals surface area contributed by atoms with Crippen LogP contribution in [0.1, 0.15) is 8.35 Å². The van der Waals surface area contributed by atoms with Crippen LogP contribution in [0.15, 0.2) is 0 Å². The van der Waals surface area contributed by atoms with Gasteiger partial charge in [-0.25, -0.2) is 0 Å². The Morgan fingerprint density at radius 1 is 1.89 bits per heavy atom. The molecule has 4 nitrogen and oxygen atoms in total. The third kappa shape index (κ3) is 11.6. The summed E-state index contributed by atoms with van der Waals surface area (Å²) in [6, 6.07) is 0. The second kappa shape index (κ2) is 6.28. The summed E-state index contributed by atoms with van der Waals surface area (Å²) in [5, 5.41) is -0.0554. The molecule has 0 unspecified atom stereocenters. The van der Waals surface area contributed by atoms with Gasteiger partial charge in [-0.05, 0) is 12.2 Å². The summed E-state index contributed by atoms with van der Waals surface area (Å²) >= 11 is 4.30. The van der Waals surface area contributed by atoms with Gasteiger partial charge in [0, 0.05) is 6.92 Å². The Morgan fingerprint density at radius 3 is 2.44 bits per heavy atom. The molecule has 0 heterocycles. The average Bonchev–Trinajstić information content (AvgIpc) is 1.61. The fourth-order valence-electron chi connectivity index (χ4n) is 0.122. The number of rotatable bonds is 0. The molecule has 0 aromatic rings. The van der Waals surface area contributed by atoms with Crippen LogP contribution in [-0.2, 0) is 9.63 Å². The predicted molar refractivity (Wildman–Crippen MR) is 32.8 cm³/mol. The van der Waals surface area contributed by atoms with Crippen molar-refractivity contribution in [1.82, 2.24) is 5.48 Å². The van der Waals surface area contributed by atoms with Crippen LogP contribution in [0, 0.1) is 0 Å². The van der Waals surface area contributed by atoms with E-state index in [0.29, 0.717) is 0 Å². The van der Waals surface area contributed by atoms with Crippen LogP contribution < -0.4 is 40.8 Å². The number of carbonyl (C=O) groups is 1. The summed E-state index contributed by atoms with van der Waals surface area (Å²) in [7, 11) is 0. The second-order valence-electron chi connectivity index (χ2n) is 1.06. The summed E-state index contributed by atoms with van der Waals surface area (Å²) in [5.74, 6) is -0.474. The van der Waals surface area contributed by atoms with E-state index in [1.807, 2.05) is 5.48 Å². The van der Waals surface area contributed by atoms with E-state index in [9.17, 15) is 4.79 Å². The molecule has 0 bridgehead atoms. The van der Waals surface area contributed by atoms with E-state index in [4.69, 9.17) is 5.73 Å². The molecule has 6 heteroatoms. The minimum absolute atomic E-state index is 0. The molecule has 0 aromatic heterocycles. The maximum absolute atomic E-state index is 9.95. The van der Waals surface area contributed by atoms with Crippen LogP contribution in [0.3, 0.4) is 0 Å². The van der Waals surface area contributed by atoms with Gasteiger partial charge in [0.2, 0.25) is 0 Å². The zero-order chi connectivity index (χ0) is 6.57. The molecule has 0 atom stereocenters. The van der Waals surface area contributed by atoms with E-state index < -0.39 is 5.97 Å². The fraction of sp³-hybridized carbons (Fsp3) is 0.333. The third-order valence-electron chi connectivity index (χ3n) is 0.295. The largest absolute Gasteiger partial charge is 1.00 e. The number of hydrogen-bond donors (Lipinski definition) is 2. The molecule has 0 aliphatic carbocycles. The number of nitrogens with one attached hydrogen (secondary N) is 1. The first-order chi connectivity index (χ1) is 3.63. The zero-order valence-electron chi connectivity index (χ0n) is 6.30. The van der Waals surface area contributed by atoms with Crippen LogP contribution in [-0.4, -0.2) is 11.1 Å². The van der Waals surface area contributed by atoms with Gasteiger partial charge in [-0.1, -0.05) is 0 Å². The van der Waals surface area contributed by atoms with Gasteiger partial charge >= 0.3 is 35.5 Å². The monoisotopic (exact) mass is 158 g/mol. The van der Waals surface area contributed by atoms with E-state index in [-0.39, 0.29) is 36.1 Å². The molecule has 0 amide bonds. The molecule has 0 saturated carbocycles. The summed E-state index contributed by atoms with van der Waals surface area (Å²) in [6.45, 7) is 1.24. The Balaban J connectivity index is -0.000000245. The molecular formula is C3H7N2NaO2S. The Bertz CT molecular complexity index is 109. The van der Waals surface area contributed by atoms with Crippen molar-refractivity contribution in [2.75, 3.05) is 0 Å². The van der Waals surface area contributed by atoms with Crippen molar-refractivity contribution in [2.24, 2.45) is 5.73 Å². The Morgan fingerprint density at radius 2 is 2.33 bits per heavy atom. The van der Waals surface area contributed by atoms with Crippen molar-refractivity contribution in [3.05, 3.63) is 0 Å². The van der Waals surface area contributed by atoms with Gasteiger partial charge in [0.15, 0.2) is 5.11 Å². The molecule has 0 radical (unpaired) electrons. The van der Waals surface area contributed by atoms with Gasteiger partial charge in [0.25, 0.3) is 0 Å². The molecule has 3 N–H and O–H groups in total. The van der Waals surface area contributed by atoms with E-state index in [1.165, 1.54) is 6.92 Å². The maximum Gasteiger partial charge on any atom is 1.00 e. The van der Waals surface area contributed by atoms with Crippen LogP contribution in [0.2, 0.25) is 0 Å². The molecule has 0 aliphatic heterocycles. The van der Waals surface area contributed by atoms with E-state index >= 15 is 0 Å². The maximum atomic E-state index is 9.95. The van der Waals surface area contributed by atoms with Crippen molar-refractivity contribution in [3.63, 3.8) is 0 Å². The Kier molecular flexibility index (Phi) is 8.31. The van der Waals surface area contributed by atoms with Crippen molar-refractivity contribution in [1.29, 1.82) is 0 Å². The number of nitrogens with two attached hydrogens (primary N) is 1. The third-order valence-corrected chi connectivity index (χ3v) is 0.379. The molecular weight excluding hydrogens is 151 g/mol. The molecule has 0 spiro atoms. The summed E-state index contributed by atoms with van der Waals surface area (Å²) < 4.78 is 0. The number of carbonyl (C=O) groups excluding carboxylic acids is 1. The minimum Gasteiger partial charge on any atom is -1.00 e. The zero-order valence-corrected chi connectivity index (χ0v) is 8.12. The standard InChI is InChI=1S/C3H6N2O2S.Na.H/c1-2(6)7-5-3(4)8;;/h1H3,(H3,4,5,8);;/q;+1;-1. The minimum atomic E-state index is -0.474. The van der Waals surface area contributed by atoms with Gasteiger partial charge in [0.05, 0.1) is 0 Å². The normalized spacial score (nSPS) is 6.78. The molecule has 0 aliphatic rings. The quantitative estimate of drug-likeness (QED) is 0.217. The van der Waals surface area contributed by atoms with Gasteiger partial charge in [0.1, 0.15) is 0 Å². The van der Waals surface area contributed by atoms with Crippen LogP contribution in [0.25, 0.3) is 0 Å². The molecule has 0 rings (SSSR count). The number of thiocarbonyl (C=S) groups is 1. The Labute approximate surface area is 81.8 Å². The first-order valence-electron chi connectivity index (χ1n) is 1.86. The molecule has 48 valence electrons. The van der Waals surface area contributed by atoms with Crippen molar-refractivity contribution < 1.29 is 40.6 Å². The summed E-state index contributed by atoms with van der Waals surface area (Å²) in [4.78, 5) is 14.1. The summed E-state index contributed by atoms with van der Waals surface area (Å²) in [6.07, 6.45) is 0.